The van der Waals surface area contributed by atoms with Crippen LogP contribution in [0, 0.1) is 22.2 Å². The molecule has 2 nitrogen and oxygen atoms in total. The highest BCUT2D eigenvalue weighted by Crippen LogP contribution is 2.22. The fraction of sp³-hybridized carbons (Fsp3) is 0.0714. The third-order valence-corrected chi connectivity index (χ3v) is 3.74. The predicted octanol–water partition coefficient (Wildman–Crippen LogP) is 4.82. The van der Waals surface area contributed by atoms with Crippen LogP contribution in [0.15, 0.2) is 30.3 Å². The van der Waals surface area contributed by atoms with Crippen LogP contribution in [0.4, 0.5) is 13.2 Å². The number of imidazole rings is 1. The summed E-state index contributed by atoms with van der Waals surface area (Å²) in [5.41, 5.74) is 1.11. The van der Waals surface area contributed by atoms with Crippen LogP contribution >= 0.6 is 23.8 Å². The van der Waals surface area contributed by atoms with E-state index in [9.17, 15) is 13.2 Å². The van der Waals surface area contributed by atoms with Crippen molar-refractivity contribution in [2.45, 2.75) is 6.54 Å². The van der Waals surface area contributed by atoms with Crippen molar-refractivity contribution in [2.24, 2.45) is 0 Å². The van der Waals surface area contributed by atoms with E-state index in [0.29, 0.717) is 11.1 Å². The lowest BCUT2D eigenvalue weighted by Crippen LogP contribution is -2.00. The minimum Gasteiger partial charge on any atom is -0.328 e. The molecule has 0 fully saturated rings. The first kappa shape index (κ1) is 14.2. The van der Waals surface area contributed by atoms with Gasteiger partial charge in [0.2, 0.25) is 0 Å². The summed E-state index contributed by atoms with van der Waals surface area (Å²) in [6, 6.07) is 6.20. The largest absolute Gasteiger partial charge is 0.328 e. The van der Waals surface area contributed by atoms with E-state index in [-0.39, 0.29) is 21.9 Å². The summed E-state index contributed by atoms with van der Waals surface area (Å²) in [7, 11) is 0. The molecule has 0 atom stereocenters. The molecule has 0 aliphatic rings. The van der Waals surface area contributed by atoms with E-state index in [1.165, 1.54) is 28.8 Å². The molecule has 0 unspecified atom stereocenters. The van der Waals surface area contributed by atoms with Crippen LogP contribution in [0.3, 0.4) is 0 Å². The van der Waals surface area contributed by atoms with Gasteiger partial charge < -0.3 is 9.55 Å². The molecule has 0 spiro atoms. The van der Waals surface area contributed by atoms with Gasteiger partial charge in [-0.3, -0.25) is 0 Å². The monoisotopic (exact) mass is 328 g/mol. The molecule has 0 aliphatic heterocycles. The lowest BCUT2D eigenvalue weighted by molar-refractivity contribution is 0.590. The summed E-state index contributed by atoms with van der Waals surface area (Å²) in [6.07, 6.45) is 0. The van der Waals surface area contributed by atoms with E-state index in [4.69, 9.17) is 23.8 Å². The van der Waals surface area contributed by atoms with Gasteiger partial charge >= 0.3 is 0 Å². The second-order valence-corrected chi connectivity index (χ2v) is 5.34. The van der Waals surface area contributed by atoms with Crippen LogP contribution in [-0.2, 0) is 6.54 Å². The molecule has 3 rings (SSSR count). The van der Waals surface area contributed by atoms with Crippen molar-refractivity contribution in [3.05, 3.63) is 63.1 Å². The first-order chi connectivity index (χ1) is 9.95. The van der Waals surface area contributed by atoms with E-state index in [0.717, 1.165) is 6.07 Å². The second-order valence-electron chi connectivity index (χ2n) is 4.55. The highest BCUT2D eigenvalue weighted by Gasteiger charge is 2.12. The maximum absolute atomic E-state index is 13.7. The summed E-state index contributed by atoms with van der Waals surface area (Å²) >= 11 is 10.8. The van der Waals surface area contributed by atoms with Crippen molar-refractivity contribution in [3.63, 3.8) is 0 Å². The molecule has 0 saturated heterocycles. The van der Waals surface area contributed by atoms with Crippen molar-refractivity contribution in [2.75, 3.05) is 0 Å². The molecule has 7 heteroatoms. The summed E-state index contributed by atoms with van der Waals surface area (Å²) in [4.78, 5) is 2.70. The van der Waals surface area contributed by atoms with Crippen LogP contribution in [0.1, 0.15) is 5.56 Å². The summed E-state index contributed by atoms with van der Waals surface area (Å²) in [5, 5.41) is -0.0174. The van der Waals surface area contributed by atoms with E-state index in [1.54, 1.807) is 0 Å². The zero-order valence-corrected chi connectivity index (χ0v) is 12.0. The maximum Gasteiger partial charge on any atom is 0.178 e. The standard InChI is InChI=1S/C14H8ClF3N2S/c15-9-3-7(1-2-10(9)17)6-20-12-5-8(16)4-11(18)13(12)19-14(20)21/h1-5H,6H2,(H,19,21). The normalized spacial score (nSPS) is 11.2. The quantitative estimate of drug-likeness (QED) is 0.669. The minimum absolute atomic E-state index is 0.0174. The van der Waals surface area contributed by atoms with Gasteiger partial charge in [0.25, 0.3) is 0 Å². The SMILES string of the molecule is Fc1cc(F)c2[nH]c(=S)n(Cc3ccc(F)c(Cl)c3)c2c1. The van der Waals surface area contributed by atoms with Gasteiger partial charge in [-0.15, -0.1) is 0 Å². The zero-order chi connectivity index (χ0) is 15.1. The molecule has 0 radical (unpaired) electrons. The number of hydrogen-bond acceptors (Lipinski definition) is 1. The van der Waals surface area contributed by atoms with E-state index in [1.807, 2.05) is 0 Å². The van der Waals surface area contributed by atoms with Gasteiger partial charge in [-0.1, -0.05) is 17.7 Å². The number of nitrogens with one attached hydrogen (secondary N) is 1. The van der Waals surface area contributed by atoms with Crippen molar-refractivity contribution in [3.8, 4) is 0 Å². The van der Waals surface area contributed by atoms with Gasteiger partial charge in [0, 0.05) is 6.07 Å². The minimum atomic E-state index is -0.716. The molecule has 0 aliphatic carbocycles. The van der Waals surface area contributed by atoms with Crippen LogP contribution < -0.4 is 0 Å². The van der Waals surface area contributed by atoms with Crippen LogP contribution in [0.5, 0.6) is 0 Å². The molecule has 0 saturated carbocycles. The summed E-state index contributed by atoms with van der Waals surface area (Å²) in [6.45, 7) is 0.224. The van der Waals surface area contributed by atoms with E-state index >= 15 is 0 Å². The van der Waals surface area contributed by atoms with E-state index in [2.05, 4.69) is 4.98 Å². The molecule has 1 N–H and O–H groups in total. The second kappa shape index (κ2) is 5.20. The Labute approximate surface area is 127 Å². The summed E-state index contributed by atoms with van der Waals surface area (Å²) in [5.74, 6) is -1.94. The number of H-pyrrole nitrogens is 1. The van der Waals surface area contributed by atoms with Gasteiger partial charge in [0.1, 0.15) is 17.2 Å². The Kier molecular flexibility index (Phi) is 3.51. The lowest BCUT2D eigenvalue weighted by Gasteiger charge is -2.06. The maximum atomic E-state index is 13.7. The summed E-state index contributed by atoms with van der Waals surface area (Å²) < 4.78 is 42.0. The molecule has 2 aromatic carbocycles. The highest BCUT2D eigenvalue weighted by molar-refractivity contribution is 7.71. The molecule has 1 heterocycles. The number of aromatic amines is 1. The molecule has 0 amide bonds. The Balaban J connectivity index is 2.14. The van der Waals surface area contributed by atoms with Gasteiger partial charge in [0.15, 0.2) is 10.6 Å². The number of rotatable bonds is 2. The Morgan fingerprint density at radius 1 is 1.10 bits per heavy atom. The van der Waals surface area contributed by atoms with Gasteiger partial charge in [-0.05, 0) is 36.0 Å². The molecular weight excluding hydrogens is 321 g/mol. The fourth-order valence-electron chi connectivity index (χ4n) is 2.16. The fourth-order valence-corrected chi connectivity index (χ4v) is 2.63. The van der Waals surface area contributed by atoms with Crippen LogP contribution in [-0.4, -0.2) is 9.55 Å². The predicted molar refractivity (Wildman–Crippen MR) is 77.6 cm³/mol. The first-order valence-corrected chi connectivity index (χ1v) is 6.76. The van der Waals surface area contributed by atoms with Crippen LogP contribution in [0.2, 0.25) is 5.02 Å². The third kappa shape index (κ3) is 2.56. The molecule has 0 bridgehead atoms. The Hall–Kier alpha value is -1.79. The molecule has 3 aromatic rings. The Bertz CT molecular complexity index is 901. The van der Waals surface area contributed by atoms with Gasteiger partial charge in [-0.25, -0.2) is 13.2 Å². The smallest absolute Gasteiger partial charge is 0.178 e. The number of halogens is 4. The van der Waals surface area contributed by atoms with Gasteiger partial charge in [-0.2, -0.15) is 0 Å². The van der Waals surface area contributed by atoms with Gasteiger partial charge in [0.05, 0.1) is 17.1 Å². The zero-order valence-electron chi connectivity index (χ0n) is 10.5. The lowest BCUT2D eigenvalue weighted by atomic mass is 10.2. The van der Waals surface area contributed by atoms with Crippen molar-refractivity contribution in [1.82, 2.24) is 9.55 Å². The molecular formula is C14H8ClF3N2S. The molecule has 108 valence electrons. The average molecular weight is 329 g/mol. The topological polar surface area (TPSA) is 20.7 Å². The van der Waals surface area contributed by atoms with E-state index < -0.39 is 17.5 Å². The Morgan fingerprint density at radius 2 is 1.86 bits per heavy atom. The van der Waals surface area contributed by atoms with Crippen molar-refractivity contribution >= 4 is 34.9 Å². The number of benzene rings is 2. The first-order valence-electron chi connectivity index (χ1n) is 5.97. The molecule has 1 aromatic heterocycles. The number of hydrogen-bond donors (Lipinski definition) is 1. The number of nitrogens with zero attached hydrogens (tertiary/aromatic N) is 1. The van der Waals surface area contributed by atoms with Crippen molar-refractivity contribution < 1.29 is 13.2 Å². The highest BCUT2D eigenvalue weighted by atomic mass is 35.5. The van der Waals surface area contributed by atoms with Crippen LogP contribution in [0.25, 0.3) is 11.0 Å². The number of aromatic nitrogens is 2. The molecule has 21 heavy (non-hydrogen) atoms. The third-order valence-electron chi connectivity index (χ3n) is 3.13. The number of fused-ring (bicyclic) bond motifs is 1. The average Bonchev–Trinajstić information content (AvgIpc) is 2.72. The van der Waals surface area contributed by atoms with Crippen molar-refractivity contribution in [1.29, 1.82) is 0 Å². The Morgan fingerprint density at radius 3 is 2.57 bits per heavy atom.